The van der Waals surface area contributed by atoms with Crippen LogP contribution in [0, 0.1) is 5.41 Å². The normalized spacial score (nSPS) is 11.5. The van der Waals surface area contributed by atoms with Gasteiger partial charge < -0.3 is 11.1 Å². The summed E-state index contributed by atoms with van der Waals surface area (Å²) in [5.74, 6) is 0.0139. The molecule has 3 N–H and O–H groups in total. The highest BCUT2D eigenvalue weighted by Crippen LogP contribution is 2.21. The van der Waals surface area contributed by atoms with Gasteiger partial charge in [-0.25, -0.2) is 0 Å². The van der Waals surface area contributed by atoms with Gasteiger partial charge in [0, 0.05) is 11.4 Å². The van der Waals surface area contributed by atoms with Gasteiger partial charge in [0.1, 0.15) is 0 Å². The lowest BCUT2D eigenvalue weighted by Crippen LogP contribution is -2.38. The Morgan fingerprint density at radius 2 is 2.25 bits per heavy atom. The van der Waals surface area contributed by atoms with Crippen molar-refractivity contribution in [2.24, 2.45) is 11.1 Å². The molecule has 1 rings (SSSR count). The third-order valence-electron chi connectivity index (χ3n) is 2.28. The van der Waals surface area contributed by atoms with E-state index < -0.39 is 0 Å². The summed E-state index contributed by atoms with van der Waals surface area (Å²) in [4.78, 5) is 12.6. The quantitative estimate of drug-likeness (QED) is 0.851. The molecule has 0 unspecified atom stereocenters. The first-order valence-corrected chi connectivity index (χ1v) is 6.33. The highest BCUT2D eigenvalue weighted by Gasteiger charge is 2.16. The Labute approximate surface area is 105 Å². The molecule has 16 heavy (non-hydrogen) atoms. The molecule has 0 bridgehead atoms. The second-order valence-electron chi connectivity index (χ2n) is 4.53. The lowest BCUT2D eigenvalue weighted by Gasteiger charge is -2.22. The van der Waals surface area contributed by atoms with Gasteiger partial charge in [0.05, 0.1) is 10.8 Å². The van der Waals surface area contributed by atoms with Gasteiger partial charge in [0.25, 0.3) is 0 Å². The van der Waals surface area contributed by atoms with E-state index in [0.29, 0.717) is 23.8 Å². The van der Waals surface area contributed by atoms with Crippen LogP contribution in [0.4, 0.5) is 0 Å². The van der Waals surface area contributed by atoms with Gasteiger partial charge in [-0.3, -0.25) is 4.79 Å². The van der Waals surface area contributed by atoms with E-state index in [9.17, 15) is 4.79 Å². The third-order valence-corrected chi connectivity index (χ3v) is 3.51. The van der Waals surface area contributed by atoms with Crippen LogP contribution in [0.15, 0.2) is 12.1 Å². The average Bonchev–Trinajstić information content (AvgIpc) is 2.61. The average molecular weight is 261 g/mol. The van der Waals surface area contributed by atoms with Gasteiger partial charge in [0.2, 0.25) is 5.91 Å². The van der Waals surface area contributed by atoms with Crippen LogP contribution < -0.4 is 11.1 Å². The van der Waals surface area contributed by atoms with Gasteiger partial charge >= 0.3 is 0 Å². The monoisotopic (exact) mass is 260 g/mol. The summed E-state index contributed by atoms with van der Waals surface area (Å²) in [5.41, 5.74) is 5.53. The van der Waals surface area contributed by atoms with Crippen LogP contribution in [-0.2, 0) is 11.2 Å². The maximum atomic E-state index is 11.6. The van der Waals surface area contributed by atoms with Gasteiger partial charge in [-0.2, -0.15) is 0 Å². The number of halogens is 1. The summed E-state index contributed by atoms with van der Waals surface area (Å²) in [6.07, 6.45) is 0.387. The molecule has 0 fully saturated rings. The standard InChI is InChI=1S/C11H17ClN2OS/c1-11(2,6-13)7-14-10(15)5-8-3-4-9(12)16-8/h3-4H,5-7,13H2,1-2H3,(H,14,15). The first kappa shape index (κ1) is 13.5. The van der Waals surface area contributed by atoms with Gasteiger partial charge in [-0.1, -0.05) is 25.4 Å². The molecular weight excluding hydrogens is 244 g/mol. The number of thiophene rings is 1. The molecule has 0 aliphatic rings. The van der Waals surface area contributed by atoms with Crippen molar-refractivity contribution in [3.05, 3.63) is 21.3 Å². The molecule has 0 aliphatic heterocycles. The molecule has 0 saturated carbocycles. The summed E-state index contributed by atoms with van der Waals surface area (Å²) in [7, 11) is 0. The molecule has 3 nitrogen and oxygen atoms in total. The number of nitrogens with one attached hydrogen (secondary N) is 1. The minimum absolute atomic E-state index is 0.0139. The fourth-order valence-corrected chi connectivity index (χ4v) is 2.16. The minimum atomic E-state index is -0.0528. The van der Waals surface area contributed by atoms with Crippen molar-refractivity contribution in [2.45, 2.75) is 20.3 Å². The molecule has 5 heteroatoms. The maximum absolute atomic E-state index is 11.6. The van der Waals surface area contributed by atoms with E-state index in [1.807, 2.05) is 19.9 Å². The number of nitrogens with two attached hydrogens (primary N) is 1. The molecule has 0 atom stereocenters. The molecular formula is C11H17ClN2OS. The molecule has 90 valence electrons. The van der Waals surface area contributed by atoms with E-state index in [0.717, 1.165) is 4.88 Å². The maximum Gasteiger partial charge on any atom is 0.225 e. The van der Waals surface area contributed by atoms with Crippen LogP contribution in [-0.4, -0.2) is 19.0 Å². The summed E-state index contributed by atoms with van der Waals surface area (Å²) >= 11 is 7.22. The van der Waals surface area contributed by atoms with Gasteiger partial charge in [0.15, 0.2) is 0 Å². The van der Waals surface area contributed by atoms with E-state index in [1.165, 1.54) is 11.3 Å². The summed E-state index contributed by atoms with van der Waals surface area (Å²) < 4.78 is 0.713. The second-order valence-corrected chi connectivity index (χ2v) is 6.33. The van der Waals surface area contributed by atoms with Crippen LogP contribution in [0.25, 0.3) is 0 Å². The lowest BCUT2D eigenvalue weighted by atomic mass is 9.94. The lowest BCUT2D eigenvalue weighted by molar-refractivity contribution is -0.120. The Balaban J connectivity index is 2.37. The molecule has 0 radical (unpaired) electrons. The van der Waals surface area contributed by atoms with Gasteiger partial charge in [-0.15, -0.1) is 11.3 Å². The smallest absolute Gasteiger partial charge is 0.225 e. The van der Waals surface area contributed by atoms with Crippen molar-refractivity contribution >= 4 is 28.8 Å². The Morgan fingerprint density at radius 1 is 1.56 bits per heavy atom. The van der Waals surface area contributed by atoms with Crippen LogP contribution in [0.2, 0.25) is 4.34 Å². The molecule has 1 heterocycles. The van der Waals surface area contributed by atoms with Crippen LogP contribution in [0.5, 0.6) is 0 Å². The molecule has 0 aromatic carbocycles. The number of hydrogen-bond acceptors (Lipinski definition) is 3. The van der Waals surface area contributed by atoms with Crippen LogP contribution in [0.1, 0.15) is 18.7 Å². The summed E-state index contributed by atoms with van der Waals surface area (Å²) in [6, 6.07) is 3.68. The van der Waals surface area contributed by atoms with Gasteiger partial charge in [-0.05, 0) is 24.1 Å². The highest BCUT2D eigenvalue weighted by molar-refractivity contribution is 7.16. The Bertz CT molecular complexity index is 363. The second kappa shape index (κ2) is 5.66. The molecule has 0 aliphatic carbocycles. The first-order chi connectivity index (χ1) is 7.43. The first-order valence-electron chi connectivity index (χ1n) is 5.14. The van der Waals surface area contributed by atoms with E-state index in [4.69, 9.17) is 17.3 Å². The number of hydrogen-bond donors (Lipinski definition) is 2. The Kier molecular flexibility index (Phi) is 4.77. The molecule has 1 aromatic heterocycles. The van der Waals surface area contributed by atoms with Crippen molar-refractivity contribution in [1.29, 1.82) is 0 Å². The summed E-state index contributed by atoms with van der Waals surface area (Å²) in [5, 5.41) is 2.88. The van der Waals surface area contributed by atoms with E-state index in [2.05, 4.69) is 5.32 Å². The fourth-order valence-electron chi connectivity index (χ4n) is 1.08. The predicted molar refractivity (Wildman–Crippen MR) is 68.9 cm³/mol. The molecule has 0 saturated heterocycles. The van der Waals surface area contributed by atoms with E-state index in [-0.39, 0.29) is 11.3 Å². The Hall–Kier alpha value is -0.580. The largest absolute Gasteiger partial charge is 0.355 e. The van der Waals surface area contributed by atoms with Crippen molar-refractivity contribution in [1.82, 2.24) is 5.32 Å². The Morgan fingerprint density at radius 3 is 2.75 bits per heavy atom. The molecule has 0 spiro atoms. The predicted octanol–water partition coefficient (Wildman–Crippen LogP) is 2.05. The zero-order valence-electron chi connectivity index (χ0n) is 9.55. The molecule has 1 aromatic rings. The zero-order valence-corrected chi connectivity index (χ0v) is 11.1. The van der Waals surface area contributed by atoms with Crippen molar-refractivity contribution in [3.63, 3.8) is 0 Å². The highest BCUT2D eigenvalue weighted by atomic mass is 35.5. The number of amides is 1. The minimum Gasteiger partial charge on any atom is -0.355 e. The summed E-state index contributed by atoms with van der Waals surface area (Å²) in [6.45, 7) is 5.20. The number of carbonyl (C=O) groups is 1. The number of carbonyl (C=O) groups excluding carboxylic acids is 1. The SMILES string of the molecule is CC(C)(CN)CNC(=O)Cc1ccc(Cl)s1. The van der Waals surface area contributed by atoms with Crippen molar-refractivity contribution < 1.29 is 4.79 Å². The number of rotatable bonds is 5. The zero-order chi connectivity index (χ0) is 12.2. The fraction of sp³-hybridized carbons (Fsp3) is 0.545. The van der Waals surface area contributed by atoms with E-state index >= 15 is 0 Å². The van der Waals surface area contributed by atoms with E-state index in [1.54, 1.807) is 6.07 Å². The van der Waals surface area contributed by atoms with Crippen molar-refractivity contribution in [2.75, 3.05) is 13.1 Å². The molecule has 1 amide bonds. The van der Waals surface area contributed by atoms with Crippen molar-refractivity contribution in [3.8, 4) is 0 Å². The van der Waals surface area contributed by atoms with Crippen LogP contribution in [0.3, 0.4) is 0 Å². The topological polar surface area (TPSA) is 55.1 Å². The third kappa shape index (κ3) is 4.51. The van der Waals surface area contributed by atoms with Crippen LogP contribution >= 0.6 is 22.9 Å².